The number of nitrogens with one attached hydrogen (secondary N) is 2. The number of carbonyl (C=O) groups is 2. The van der Waals surface area contributed by atoms with Gasteiger partial charge in [-0.25, -0.2) is 0 Å². The van der Waals surface area contributed by atoms with Gasteiger partial charge in [-0.05, 0) is 109 Å². The Kier molecular flexibility index (Phi) is 21.8. The summed E-state index contributed by atoms with van der Waals surface area (Å²) < 4.78 is 9.45. The molecule has 0 aliphatic rings. The number of nitrogens with zero attached hydrogens (tertiary/aromatic N) is 7. The fourth-order valence-corrected chi connectivity index (χ4v) is 10.1. The van der Waals surface area contributed by atoms with Crippen molar-refractivity contribution >= 4 is 46.9 Å². The second-order valence-electron chi connectivity index (χ2n) is 17.7. The molecule has 2 heterocycles. The lowest BCUT2D eigenvalue weighted by Crippen LogP contribution is -2.22. The summed E-state index contributed by atoms with van der Waals surface area (Å²) in [5.74, 6) is 4.25. The van der Waals surface area contributed by atoms with Crippen molar-refractivity contribution < 1.29 is 14.3 Å². The molecule has 74 heavy (non-hydrogen) atoms. The van der Waals surface area contributed by atoms with Gasteiger partial charge >= 0.3 is 0 Å². The van der Waals surface area contributed by atoms with E-state index in [1.54, 1.807) is 36.7 Å². The fraction of sp³-hybridized carbons (Fsp3) is 0.271. The molecule has 0 bridgehead atoms. The highest BCUT2D eigenvalue weighted by Crippen LogP contribution is 2.28. The molecule has 0 aliphatic carbocycles. The van der Waals surface area contributed by atoms with E-state index in [-0.39, 0.29) is 11.8 Å². The summed E-state index contributed by atoms with van der Waals surface area (Å²) in [5.41, 5.74) is 8.58. The summed E-state index contributed by atoms with van der Waals surface area (Å²) in [5, 5.41) is 35.5. The van der Waals surface area contributed by atoms with Crippen LogP contribution in [0.1, 0.15) is 89.1 Å². The van der Waals surface area contributed by atoms with Crippen LogP contribution < -0.4 is 15.4 Å². The third kappa shape index (κ3) is 17.8. The molecule has 0 saturated heterocycles. The van der Waals surface area contributed by atoms with Gasteiger partial charge in [-0.2, -0.15) is 5.26 Å². The number of benzene rings is 6. The molecular formula is C59H62ClN9O3S2. The van der Waals surface area contributed by atoms with Gasteiger partial charge in [-0.1, -0.05) is 156 Å². The maximum absolute atomic E-state index is 12.3. The highest BCUT2D eigenvalue weighted by atomic mass is 35.5. The van der Waals surface area contributed by atoms with E-state index in [1.807, 2.05) is 108 Å². The normalized spacial score (nSPS) is 10.8. The summed E-state index contributed by atoms with van der Waals surface area (Å²) in [6, 6.07) is 54.1. The smallest absolute Gasteiger partial charge is 0.220 e. The van der Waals surface area contributed by atoms with E-state index < -0.39 is 0 Å². The molecule has 0 unspecified atom stereocenters. The number of aryl methyl sites for hydroxylation is 4. The number of hydrogen-bond donors (Lipinski definition) is 2. The minimum atomic E-state index is 0.0213. The number of amides is 2. The predicted octanol–water partition coefficient (Wildman–Crippen LogP) is 12.3. The summed E-state index contributed by atoms with van der Waals surface area (Å²) in [4.78, 5) is 24.6. The molecule has 2 amide bonds. The van der Waals surface area contributed by atoms with Gasteiger partial charge in [-0.15, -0.1) is 20.4 Å². The number of thioether (sulfide) groups is 2. The second-order valence-corrected chi connectivity index (χ2v) is 20.0. The molecule has 8 aromatic rings. The Labute approximate surface area is 448 Å². The summed E-state index contributed by atoms with van der Waals surface area (Å²) in [7, 11) is 1.63. The topological polar surface area (TPSA) is 153 Å². The van der Waals surface area contributed by atoms with E-state index in [0.717, 1.165) is 101 Å². The van der Waals surface area contributed by atoms with Crippen LogP contribution in [0.3, 0.4) is 0 Å². The highest BCUT2D eigenvalue weighted by Gasteiger charge is 2.17. The third-order valence-corrected chi connectivity index (χ3v) is 14.3. The average molecular weight is 1040 g/mol. The van der Waals surface area contributed by atoms with Gasteiger partial charge in [0.15, 0.2) is 10.3 Å². The largest absolute Gasteiger partial charge is 0.497 e. The first kappa shape index (κ1) is 54.6. The first-order chi connectivity index (χ1) is 36.2. The van der Waals surface area contributed by atoms with Crippen LogP contribution in [0.15, 0.2) is 168 Å². The number of halogens is 1. The van der Waals surface area contributed by atoms with E-state index in [1.165, 1.54) is 16.7 Å². The highest BCUT2D eigenvalue weighted by molar-refractivity contribution is 7.98. The first-order valence-electron chi connectivity index (χ1n) is 24.9. The molecule has 0 spiro atoms. The SMILES string of the molecule is COc1ccc(CNC(=O)CCCCc2nnc(SCc3cccc(C#N)c3)n2-c2cccc(Cl)c2)cc1.Cc1cccc(CSc2nnc(CCCCC(=O)NCc3ccccc3)n2CCc2ccccc2)c1. The van der Waals surface area contributed by atoms with E-state index in [9.17, 15) is 14.9 Å². The van der Waals surface area contributed by atoms with Crippen molar-refractivity contribution in [1.29, 1.82) is 5.26 Å². The molecule has 6 aromatic carbocycles. The standard InChI is InChI=1S/C30H34N4OS.C29H28ClN5O2S/c1-24-11-10-16-27(21-24)23-36-30-33-32-28(34(30)20-19-25-12-4-2-5-13-25)17-8-9-18-29(35)31-22-26-14-6-3-7-15-26;1-37-26-14-12-21(13-15-26)19-32-28(36)11-3-2-10-27-33-34-29(35(27)25-9-5-8-24(30)17-25)38-20-23-7-4-6-22(16-23)18-31/h2-7,10-16,21H,8-9,17-20,22-23H2,1H3,(H,31,35);4-9,12-17H,2-3,10-11,19-20H2,1H3,(H,32,36). The minimum Gasteiger partial charge on any atom is -0.497 e. The van der Waals surface area contributed by atoms with Crippen molar-refractivity contribution in [3.8, 4) is 17.5 Å². The van der Waals surface area contributed by atoms with Crippen molar-refractivity contribution in [1.82, 2.24) is 40.2 Å². The minimum absolute atomic E-state index is 0.0213. The molecule has 0 saturated carbocycles. The van der Waals surface area contributed by atoms with Gasteiger partial charge in [0.1, 0.15) is 17.4 Å². The number of carbonyl (C=O) groups excluding carboxylic acids is 2. The van der Waals surface area contributed by atoms with Crippen LogP contribution in [-0.4, -0.2) is 48.5 Å². The molecule has 0 atom stereocenters. The maximum atomic E-state index is 12.3. The number of methoxy groups -OCH3 is 1. The summed E-state index contributed by atoms with van der Waals surface area (Å²) in [6.45, 7) is 4.04. The Hall–Kier alpha value is -7.18. The number of aromatic nitrogens is 6. The Morgan fingerprint density at radius 1 is 0.595 bits per heavy atom. The number of nitriles is 1. The molecule has 0 radical (unpaired) electrons. The van der Waals surface area contributed by atoms with E-state index in [2.05, 4.69) is 97.1 Å². The molecular weight excluding hydrogens is 982 g/mol. The van der Waals surface area contributed by atoms with Crippen LogP contribution >= 0.6 is 35.1 Å². The van der Waals surface area contributed by atoms with Crippen molar-refractivity contribution in [3.63, 3.8) is 0 Å². The quantitative estimate of drug-likeness (QED) is 0.0418. The van der Waals surface area contributed by atoms with Crippen LogP contribution in [0.4, 0.5) is 0 Å². The second kappa shape index (κ2) is 29.5. The Morgan fingerprint density at radius 3 is 1.81 bits per heavy atom. The van der Waals surface area contributed by atoms with Crippen molar-refractivity contribution in [2.45, 2.75) is 106 Å². The van der Waals surface area contributed by atoms with E-state index in [0.29, 0.717) is 48.7 Å². The van der Waals surface area contributed by atoms with Crippen molar-refractivity contribution in [2.24, 2.45) is 0 Å². The van der Waals surface area contributed by atoms with Crippen LogP contribution in [-0.2, 0) is 60.0 Å². The van der Waals surface area contributed by atoms with Crippen LogP contribution in [0, 0.1) is 18.3 Å². The zero-order valence-electron chi connectivity index (χ0n) is 42.0. The molecule has 2 aromatic heterocycles. The zero-order valence-corrected chi connectivity index (χ0v) is 44.3. The average Bonchev–Trinajstić information content (AvgIpc) is 4.04. The molecule has 380 valence electrons. The van der Waals surface area contributed by atoms with Gasteiger partial charge in [0.05, 0.1) is 24.4 Å². The van der Waals surface area contributed by atoms with Crippen LogP contribution in [0.5, 0.6) is 5.75 Å². The van der Waals surface area contributed by atoms with Crippen LogP contribution in [0.25, 0.3) is 5.69 Å². The Bertz CT molecular complexity index is 3050. The lowest BCUT2D eigenvalue weighted by molar-refractivity contribution is -0.122. The number of hydrogen-bond acceptors (Lipinski definition) is 10. The number of ether oxygens (including phenoxy) is 1. The fourth-order valence-electron chi connectivity index (χ4n) is 8.03. The molecule has 2 N–H and O–H groups in total. The molecule has 0 aliphatic heterocycles. The van der Waals surface area contributed by atoms with Gasteiger partial charge in [0.25, 0.3) is 0 Å². The van der Waals surface area contributed by atoms with Crippen molar-refractivity contribution in [3.05, 3.63) is 213 Å². The van der Waals surface area contributed by atoms with Gasteiger partial charge in [-0.3, -0.25) is 14.2 Å². The van der Waals surface area contributed by atoms with Gasteiger partial charge in [0.2, 0.25) is 11.8 Å². The molecule has 0 fully saturated rings. The van der Waals surface area contributed by atoms with E-state index in [4.69, 9.17) is 16.3 Å². The molecule has 8 rings (SSSR count). The predicted molar refractivity (Wildman–Crippen MR) is 296 cm³/mol. The number of unbranched alkanes of at least 4 members (excludes halogenated alkanes) is 2. The molecule has 15 heteroatoms. The zero-order chi connectivity index (χ0) is 51.7. The van der Waals surface area contributed by atoms with Gasteiger partial charge < -0.3 is 19.9 Å². The Balaban J connectivity index is 0.000000217. The lowest BCUT2D eigenvalue weighted by Gasteiger charge is -2.11. The van der Waals surface area contributed by atoms with Gasteiger partial charge in [0, 0.05) is 61.8 Å². The summed E-state index contributed by atoms with van der Waals surface area (Å²) >= 11 is 9.58. The summed E-state index contributed by atoms with van der Waals surface area (Å²) in [6.07, 6.45) is 6.67. The van der Waals surface area contributed by atoms with E-state index >= 15 is 0 Å². The third-order valence-electron chi connectivity index (χ3n) is 12.0. The maximum Gasteiger partial charge on any atom is 0.220 e. The lowest BCUT2D eigenvalue weighted by atomic mass is 10.1. The number of rotatable bonds is 25. The van der Waals surface area contributed by atoms with Crippen molar-refractivity contribution in [2.75, 3.05) is 7.11 Å². The Morgan fingerprint density at radius 2 is 1.16 bits per heavy atom. The molecule has 12 nitrogen and oxygen atoms in total. The van der Waals surface area contributed by atoms with Crippen LogP contribution in [0.2, 0.25) is 5.02 Å². The first-order valence-corrected chi connectivity index (χ1v) is 27.2. The monoisotopic (exact) mass is 1040 g/mol.